The van der Waals surface area contributed by atoms with Crippen molar-refractivity contribution in [1.82, 2.24) is 10.4 Å². The number of nitrogens with two attached hydrogens (primary N) is 1. The maximum atomic E-state index is 5.41. The summed E-state index contributed by atoms with van der Waals surface area (Å²) in [4.78, 5) is 4.07. The summed E-state index contributed by atoms with van der Waals surface area (Å²) in [5.74, 6) is 5.41. The first-order valence-electron chi connectivity index (χ1n) is 4.16. The van der Waals surface area contributed by atoms with Gasteiger partial charge in [-0.1, -0.05) is 6.92 Å². The van der Waals surface area contributed by atoms with Gasteiger partial charge in [0.1, 0.15) is 0 Å². The minimum Gasteiger partial charge on any atom is -0.271 e. The summed E-state index contributed by atoms with van der Waals surface area (Å²) in [6.45, 7) is 4.16. The van der Waals surface area contributed by atoms with Crippen molar-refractivity contribution in [3.05, 3.63) is 29.6 Å². The summed E-state index contributed by atoms with van der Waals surface area (Å²) in [6, 6.07) is 2.22. The molecule has 1 atom stereocenters. The van der Waals surface area contributed by atoms with Gasteiger partial charge < -0.3 is 0 Å². The van der Waals surface area contributed by atoms with Gasteiger partial charge in [-0.15, -0.1) is 0 Å². The predicted octanol–water partition coefficient (Wildman–Crippen LogP) is 1.30. The van der Waals surface area contributed by atoms with E-state index in [1.54, 1.807) is 6.20 Å². The molecule has 66 valence electrons. The number of hydrazine groups is 1. The zero-order chi connectivity index (χ0) is 8.97. The Morgan fingerprint density at radius 2 is 2.42 bits per heavy atom. The molecule has 1 aromatic rings. The molecule has 1 heterocycles. The molecule has 1 aromatic heterocycles. The van der Waals surface area contributed by atoms with Gasteiger partial charge in [-0.25, -0.2) is 0 Å². The van der Waals surface area contributed by atoms with Crippen LogP contribution in [-0.2, 0) is 0 Å². The average molecular weight is 165 g/mol. The molecule has 1 rings (SSSR count). The number of hydrogen-bond acceptors (Lipinski definition) is 3. The van der Waals surface area contributed by atoms with Gasteiger partial charge >= 0.3 is 0 Å². The van der Waals surface area contributed by atoms with E-state index in [4.69, 9.17) is 5.84 Å². The van der Waals surface area contributed by atoms with Gasteiger partial charge in [-0.2, -0.15) is 0 Å². The molecule has 12 heavy (non-hydrogen) atoms. The molecule has 0 amide bonds. The Morgan fingerprint density at radius 1 is 1.67 bits per heavy atom. The molecule has 0 bridgehead atoms. The highest BCUT2D eigenvalue weighted by molar-refractivity contribution is 5.24. The van der Waals surface area contributed by atoms with Crippen molar-refractivity contribution in [2.75, 3.05) is 0 Å². The molecule has 1 unspecified atom stereocenters. The summed E-state index contributed by atoms with van der Waals surface area (Å²) < 4.78 is 0. The highest BCUT2D eigenvalue weighted by atomic mass is 15.2. The van der Waals surface area contributed by atoms with Crippen LogP contribution in [0.2, 0.25) is 0 Å². The molecule has 0 aliphatic rings. The van der Waals surface area contributed by atoms with E-state index in [1.807, 2.05) is 12.3 Å². The third-order valence-corrected chi connectivity index (χ3v) is 2.06. The first-order chi connectivity index (χ1) is 5.79. The lowest BCUT2D eigenvalue weighted by Crippen LogP contribution is -2.28. The van der Waals surface area contributed by atoms with Crippen molar-refractivity contribution in [3.8, 4) is 0 Å². The molecule has 0 aliphatic heterocycles. The van der Waals surface area contributed by atoms with Crippen molar-refractivity contribution < 1.29 is 0 Å². The summed E-state index contributed by atoms with van der Waals surface area (Å²) in [5, 5.41) is 0. The molecule has 0 fully saturated rings. The van der Waals surface area contributed by atoms with Crippen molar-refractivity contribution in [3.63, 3.8) is 0 Å². The van der Waals surface area contributed by atoms with Crippen LogP contribution in [0.3, 0.4) is 0 Å². The highest BCUT2D eigenvalue weighted by Crippen LogP contribution is 2.17. The maximum Gasteiger partial charge on any atom is 0.0475 e. The number of nitrogens with one attached hydrogen (secondary N) is 1. The second kappa shape index (κ2) is 4.18. The Hall–Kier alpha value is -0.930. The largest absolute Gasteiger partial charge is 0.271 e. The van der Waals surface area contributed by atoms with E-state index in [1.165, 1.54) is 11.1 Å². The van der Waals surface area contributed by atoms with Gasteiger partial charge in [0.2, 0.25) is 0 Å². The summed E-state index contributed by atoms with van der Waals surface area (Å²) in [7, 11) is 0. The van der Waals surface area contributed by atoms with Gasteiger partial charge in [0, 0.05) is 18.4 Å². The number of hydrogen-bond donors (Lipinski definition) is 2. The monoisotopic (exact) mass is 165 g/mol. The predicted molar refractivity (Wildman–Crippen MR) is 49.3 cm³/mol. The molecule has 0 saturated heterocycles. The third-order valence-electron chi connectivity index (χ3n) is 2.06. The Labute approximate surface area is 73.0 Å². The van der Waals surface area contributed by atoms with Crippen LogP contribution in [0.5, 0.6) is 0 Å². The first kappa shape index (κ1) is 9.16. The average Bonchev–Trinajstić information content (AvgIpc) is 2.10. The van der Waals surface area contributed by atoms with Gasteiger partial charge in [-0.05, 0) is 30.5 Å². The van der Waals surface area contributed by atoms with Crippen LogP contribution in [0, 0.1) is 6.92 Å². The Kier molecular flexibility index (Phi) is 3.19. The van der Waals surface area contributed by atoms with Crippen LogP contribution in [0.15, 0.2) is 18.5 Å². The van der Waals surface area contributed by atoms with Gasteiger partial charge in [0.05, 0.1) is 0 Å². The molecule has 3 N–H and O–H groups in total. The second-order valence-electron chi connectivity index (χ2n) is 2.86. The summed E-state index contributed by atoms with van der Waals surface area (Å²) in [6.07, 6.45) is 4.63. The number of nitrogens with zero attached hydrogens (tertiary/aromatic N) is 1. The fraction of sp³-hybridized carbons (Fsp3) is 0.444. The van der Waals surface area contributed by atoms with Crippen LogP contribution < -0.4 is 11.3 Å². The minimum atomic E-state index is 0.221. The Bertz CT molecular complexity index is 243. The quantitative estimate of drug-likeness (QED) is 0.524. The summed E-state index contributed by atoms with van der Waals surface area (Å²) in [5.41, 5.74) is 5.18. The van der Waals surface area contributed by atoms with Crippen LogP contribution >= 0.6 is 0 Å². The number of pyridine rings is 1. The van der Waals surface area contributed by atoms with E-state index in [9.17, 15) is 0 Å². The van der Waals surface area contributed by atoms with Crippen LogP contribution in [0.1, 0.15) is 30.5 Å². The fourth-order valence-electron chi connectivity index (χ4n) is 1.27. The van der Waals surface area contributed by atoms with Gasteiger partial charge in [0.25, 0.3) is 0 Å². The molecule has 0 aromatic carbocycles. The van der Waals surface area contributed by atoms with Crippen molar-refractivity contribution in [2.24, 2.45) is 5.84 Å². The number of aromatic nitrogens is 1. The SMILES string of the molecule is CCC(NN)c1cnccc1C. The van der Waals surface area contributed by atoms with Crippen LogP contribution in [0.25, 0.3) is 0 Å². The van der Waals surface area contributed by atoms with E-state index < -0.39 is 0 Å². The van der Waals surface area contributed by atoms with E-state index in [2.05, 4.69) is 24.3 Å². The molecule has 3 nitrogen and oxygen atoms in total. The lowest BCUT2D eigenvalue weighted by atomic mass is 10.0. The Balaban J connectivity index is 2.92. The highest BCUT2D eigenvalue weighted by Gasteiger charge is 2.08. The molecule has 0 radical (unpaired) electrons. The van der Waals surface area contributed by atoms with E-state index in [-0.39, 0.29) is 6.04 Å². The normalized spacial score (nSPS) is 12.9. The zero-order valence-corrected chi connectivity index (χ0v) is 7.54. The molecule has 3 heteroatoms. The molecule has 0 saturated carbocycles. The molecule has 0 aliphatic carbocycles. The van der Waals surface area contributed by atoms with Gasteiger partial charge in [-0.3, -0.25) is 16.3 Å². The minimum absolute atomic E-state index is 0.221. The number of aryl methyl sites for hydroxylation is 1. The maximum absolute atomic E-state index is 5.41. The molecule has 0 spiro atoms. The third kappa shape index (κ3) is 1.81. The zero-order valence-electron chi connectivity index (χ0n) is 7.54. The van der Waals surface area contributed by atoms with Gasteiger partial charge in [0.15, 0.2) is 0 Å². The number of rotatable bonds is 3. The fourth-order valence-corrected chi connectivity index (χ4v) is 1.27. The smallest absolute Gasteiger partial charge is 0.0475 e. The lowest BCUT2D eigenvalue weighted by Gasteiger charge is -2.15. The van der Waals surface area contributed by atoms with Crippen LogP contribution in [0.4, 0.5) is 0 Å². The Morgan fingerprint density at radius 3 is 2.92 bits per heavy atom. The van der Waals surface area contributed by atoms with E-state index >= 15 is 0 Å². The van der Waals surface area contributed by atoms with Crippen LogP contribution in [-0.4, -0.2) is 4.98 Å². The van der Waals surface area contributed by atoms with E-state index in [0.29, 0.717) is 0 Å². The lowest BCUT2D eigenvalue weighted by molar-refractivity contribution is 0.535. The summed E-state index contributed by atoms with van der Waals surface area (Å²) >= 11 is 0. The van der Waals surface area contributed by atoms with Crippen molar-refractivity contribution in [2.45, 2.75) is 26.3 Å². The van der Waals surface area contributed by atoms with Crippen molar-refractivity contribution in [1.29, 1.82) is 0 Å². The molecular weight excluding hydrogens is 150 g/mol. The molecular formula is C9H15N3. The standard InChI is InChI=1S/C9H15N3/c1-3-9(12-10)8-6-11-5-4-7(8)2/h4-6,9,12H,3,10H2,1-2H3. The second-order valence-corrected chi connectivity index (χ2v) is 2.86. The van der Waals surface area contributed by atoms with Crippen molar-refractivity contribution >= 4 is 0 Å². The van der Waals surface area contributed by atoms with E-state index in [0.717, 1.165) is 6.42 Å². The first-order valence-corrected chi connectivity index (χ1v) is 4.16. The topological polar surface area (TPSA) is 50.9 Å².